The van der Waals surface area contributed by atoms with E-state index in [0.29, 0.717) is 6.04 Å². The maximum atomic E-state index is 4.82. The number of nitrogens with one attached hydrogen (secondary N) is 1. The third-order valence-corrected chi connectivity index (χ3v) is 4.39. The average molecular weight is 295 g/mol. The first-order valence-corrected chi connectivity index (χ1v) is 8.26. The lowest BCUT2D eigenvalue weighted by molar-refractivity contribution is 0.546. The van der Waals surface area contributed by atoms with Crippen molar-refractivity contribution in [2.24, 2.45) is 0 Å². The fraction of sp³-hybridized carbons (Fsp3) is 0.571. The van der Waals surface area contributed by atoms with E-state index in [9.17, 15) is 0 Å². The Morgan fingerprint density at radius 3 is 2.58 bits per heavy atom. The predicted octanol–water partition coefficient (Wildman–Crippen LogP) is 4.06. The molecule has 104 valence electrons. The number of hydrogen-bond donors (Lipinski definition) is 1. The Kier molecular flexibility index (Phi) is 4.38. The van der Waals surface area contributed by atoms with Gasteiger partial charge < -0.3 is 5.32 Å². The quantitative estimate of drug-likeness (QED) is 0.924. The van der Waals surface area contributed by atoms with Gasteiger partial charge in [-0.05, 0) is 0 Å². The molecular weight excluding hydrogens is 274 g/mol. The van der Waals surface area contributed by atoms with Crippen LogP contribution in [0.25, 0.3) is 10.7 Å². The van der Waals surface area contributed by atoms with Gasteiger partial charge in [-0.1, -0.05) is 34.6 Å². The first-order chi connectivity index (χ1) is 8.88. The van der Waals surface area contributed by atoms with Gasteiger partial charge in [0.25, 0.3) is 0 Å². The second-order valence-electron chi connectivity index (χ2n) is 5.95. The number of thiazole rings is 2. The Bertz CT molecular complexity index is 521. The number of nitrogens with zero attached hydrogens (tertiary/aromatic N) is 2. The van der Waals surface area contributed by atoms with Gasteiger partial charge in [-0.25, -0.2) is 9.97 Å². The Morgan fingerprint density at radius 1 is 1.32 bits per heavy atom. The molecular formula is C14H21N3S2. The maximum Gasteiger partial charge on any atom is 0.143 e. The van der Waals surface area contributed by atoms with Gasteiger partial charge in [0.2, 0.25) is 0 Å². The molecule has 2 aromatic rings. The molecule has 0 unspecified atom stereocenters. The minimum absolute atomic E-state index is 0.0682. The van der Waals surface area contributed by atoms with E-state index in [1.54, 1.807) is 22.7 Å². The molecule has 0 atom stereocenters. The van der Waals surface area contributed by atoms with Crippen molar-refractivity contribution in [1.82, 2.24) is 15.3 Å². The summed E-state index contributed by atoms with van der Waals surface area (Å²) in [4.78, 5) is 10.5. The van der Waals surface area contributed by atoms with Crippen molar-refractivity contribution in [3.05, 3.63) is 21.5 Å². The summed E-state index contributed by atoms with van der Waals surface area (Å²) < 4.78 is 0. The molecule has 0 radical (unpaired) electrons. The van der Waals surface area contributed by atoms with Gasteiger partial charge in [0, 0.05) is 28.3 Å². The van der Waals surface area contributed by atoms with Crippen LogP contribution in [-0.2, 0) is 12.0 Å². The van der Waals surface area contributed by atoms with Crippen molar-refractivity contribution < 1.29 is 0 Å². The third-order valence-electron chi connectivity index (χ3n) is 2.73. The van der Waals surface area contributed by atoms with Crippen LogP contribution in [0, 0.1) is 0 Å². The minimum Gasteiger partial charge on any atom is -0.310 e. The zero-order chi connectivity index (χ0) is 14.0. The molecule has 0 bridgehead atoms. The average Bonchev–Trinajstić information content (AvgIpc) is 2.94. The van der Waals surface area contributed by atoms with Gasteiger partial charge >= 0.3 is 0 Å². The van der Waals surface area contributed by atoms with Gasteiger partial charge in [-0.2, -0.15) is 0 Å². The SMILES string of the molecule is CC(C)NCc1sc(-c2cscn2)nc1C(C)(C)C. The summed E-state index contributed by atoms with van der Waals surface area (Å²) in [6.07, 6.45) is 0. The highest BCUT2D eigenvalue weighted by Gasteiger charge is 2.24. The highest BCUT2D eigenvalue weighted by Crippen LogP contribution is 2.34. The standard InChI is InChI=1S/C14H21N3S2/c1-9(2)15-6-11-12(14(3,4)5)17-13(19-11)10-7-18-8-16-10/h7-9,15H,6H2,1-5H3. The molecule has 2 heterocycles. The molecule has 2 rings (SSSR count). The molecule has 0 aliphatic heterocycles. The van der Waals surface area contributed by atoms with E-state index in [4.69, 9.17) is 4.98 Å². The first-order valence-electron chi connectivity index (χ1n) is 6.50. The van der Waals surface area contributed by atoms with Crippen LogP contribution in [0.2, 0.25) is 0 Å². The summed E-state index contributed by atoms with van der Waals surface area (Å²) >= 11 is 3.37. The van der Waals surface area contributed by atoms with Crippen LogP contribution < -0.4 is 5.32 Å². The molecule has 0 aromatic carbocycles. The largest absolute Gasteiger partial charge is 0.310 e. The maximum absolute atomic E-state index is 4.82. The summed E-state index contributed by atoms with van der Waals surface area (Å²) in [7, 11) is 0. The number of rotatable bonds is 4. The fourth-order valence-corrected chi connectivity index (χ4v) is 3.58. The molecule has 0 saturated heterocycles. The van der Waals surface area contributed by atoms with E-state index in [1.165, 1.54) is 10.6 Å². The molecule has 0 aliphatic rings. The molecule has 19 heavy (non-hydrogen) atoms. The molecule has 2 aromatic heterocycles. The van der Waals surface area contributed by atoms with Crippen molar-refractivity contribution in [3.63, 3.8) is 0 Å². The first kappa shape index (κ1) is 14.6. The van der Waals surface area contributed by atoms with Crippen LogP contribution in [0.3, 0.4) is 0 Å². The number of hydrogen-bond acceptors (Lipinski definition) is 5. The summed E-state index contributed by atoms with van der Waals surface area (Å²) in [5.41, 5.74) is 4.11. The van der Waals surface area contributed by atoms with Gasteiger partial charge in [-0.15, -0.1) is 22.7 Å². The van der Waals surface area contributed by atoms with E-state index < -0.39 is 0 Å². The minimum atomic E-state index is 0.0682. The summed E-state index contributed by atoms with van der Waals surface area (Å²) in [5.74, 6) is 0. The lowest BCUT2D eigenvalue weighted by atomic mass is 9.91. The zero-order valence-electron chi connectivity index (χ0n) is 12.2. The molecule has 0 amide bonds. The summed E-state index contributed by atoms with van der Waals surface area (Å²) in [5, 5.41) is 6.58. The van der Waals surface area contributed by atoms with Crippen LogP contribution >= 0.6 is 22.7 Å². The Hall–Kier alpha value is -0.780. The zero-order valence-corrected chi connectivity index (χ0v) is 13.8. The van der Waals surface area contributed by atoms with Crippen molar-refractivity contribution in [3.8, 4) is 10.7 Å². The van der Waals surface area contributed by atoms with E-state index in [2.05, 4.69) is 50.3 Å². The Morgan fingerprint density at radius 2 is 2.05 bits per heavy atom. The van der Waals surface area contributed by atoms with Crippen LogP contribution in [0.1, 0.15) is 45.2 Å². The second-order valence-corrected chi connectivity index (χ2v) is 7.75. The fourth-order valence-electron chi connectivity index (χ4n) is 1.78. The van der Waals surface area contributed by atoms with Crippen LogP contribution in [0.4, 0.5) is 0 Å². The Labute approximate surface area is 123 Å². The number of aromatic nitrogens is 2. The highest BCUT2D eigenvalue weighted by molar-refractivity contribution is 7.15. The molecule has 0 fully saturated rings. The lowest BCUT2D eigenvalue weighted by Gasteiger charge is -2.18. The predicted molar refractivity (Wildman–Crippen MR) is 83.9 cm³/mol. The molecule has 3 nitrogen and oxygen atoms in total. The monoisotopic (exact) mass is 295 g/mol. The molecule has 5 heteroatoms. The molecule has 1 N–H and O–H groups in total. The van der Waals surface area contributed by atoms with E-state index in [-0.39, 0.29) is 5.41 Å². The smallest absolute Gasteiger partial charge is 0.143 e. The van der Waals surface area contributed by atoms with Crippen molar-refractivity contribution in [2.75, 3.05) is 0 Å². The van der Waals surface area contributed by atoms with Crippen LogP contribution in [0.15, 0.2) is 10.9 Å². The van der Waals surface area contributed by atoms with Crippen LogP contribution in [0.5, 0.6) is 0 Å². The third kappa shape index (κ3) is 3.61. The topological polar surface area (TPSA) is 37.8 Å². The van der Waals surface area contributed by atoms with Gasteiger partial charge in [0.05, 0.1) is 11.2 Å². The Balaban J connectivity index is 2.34. The summed E-state index contributed by atoms with van der Waals surface area (Å²) in [6.45, 7) is 11.9. The summed E-state index contributed by atoms with van der Waals surface area (Å²) in [6, 6.07) is 0.484. The molecule has 0 aliphatic carbocycles. The van der Waals surface area contributed by atoms with E-state index >= 15 is 0 Å². The van der Waals surface area contributed by atoms with Gasteiger partial charge in [0.15, 0.2) is 0 Å². The van der Waals surface area contributed by atoms with Crippen molar-refractivity contribution in [1.29, 1.82) is 0 Å². The molecule has 0 saturated carbocycles. The van der Waals surface area contributed by atoms with Crippen molar-refractivity contribution in [2.45, 2.75) is 52.6 Å². The van der Waals surface area contributed by atoms with Gasteiger partial charge in [-0.3, -0.25) is 0 Å². The van der Waals surface area contributed by atoms with E-state index in [0.717, 1.165) is 17.2 Å². The van der Waals surface area contributed by atoms with E-state index in [1.807, 2.05) is 5.51 Å². The second kappa shape index (κ2) is 5.69. The lowest BCUT2D eigenvalue weighted by Crippen LogP contribution is -2.23. The molecule has 0 spiro atoms. The van der Waals surface area contributed by atoms with Crippen LogP contribution in [-0.4, -0.2) is 16.0 Å². The highest BCUT2D eigenvalue weighted by atomic mass is 32.1. The van der Waals surface area contributed by atoms with Crippen molar-refractivity contribution >= 4 is 22.7 Å². The van der Waals surface area contributed by atoms with Gasteiger partial charge in [0.1, 0.15) is 10.7 Å². The normalized spacial score (nSPS) is 12.3.